The summed E-state index contributed by atoms with van der Waals surface area (Å²) >= 11 is 0. The predicted octanol–water partition coefficient (Wildman–Crippen LogP) is 1.20. The van der Waals surface area contributed by atoms with Crippen molar-refractivity contribution < 1.29 is 4.79 Å². The van der Waals surface area contributed by atoms with E-state index in [1.165, 1.54) is 25.7 Å². The molecule has 15 heavy (non-hydrogen) atoms. The molecule has 3 nitrogen and oxygen atoms in total. The third-order valence-corrected chi connectivity index (χ3v) is 4.20. The summed E-state index contributed by atoms with van der Waals surface area (Å²) in [5, 5.41) is 3.22. The van der Waals surface area contributed by atoms with Crippen LogP contribution in [0.4, 0.5) is 0 Å². The van der Waals surface area contributed by atoms with E-state index in [9.17, 15) is 4.79 Å². The summed E-state index contributed by atoms with van der Waals surface area (Å²) in [6, 6.07) is 0. The van der Waals surface area contributed by atoms with Gasteiger partial charge in [0, 0.05) is 6.54 Å². The third kappa shape index (κ3) is 1.89. The molecule has 0 aromatic rings. The molecule has 3 fully saturated rings. The monoisotopic (exact) mass is 208 g/mol. The molecule has 1 aliphatic heterocycles. The van der Waals surface area contributed by atoms with Crippen LogP contribution in [-0.4, -0.2) is 30.1 Å². The Morgan fingerprint density at radius 1 is 1.33 bits per heavy atom. The second-order valence-corrected chi connectivity index (χ2v) is 5.44. The smallest absolute Gasteiger partial charge is 0.237 e. The van der Waals surface area contributed by atoms with Gasteiger partial charge in [0.25, 0.3) is 0 Å². The second kappa shape index (κ2) is 3.48. The lowest BCUT2D eigenvalue weighted by Crippen LogP contribution is -2.39. The summed E-state index contributed by atoms with van der Waals surface area (Å²) in [4.78, 5) is 13.7. The largest absolute Gasteiger partial charge is 0.326 e. The highest BCUT2D eigenvalue weighted by Gasteiger charge is 2.43. The first-order valence-electron chi connectivity index (χ1n) is 6.28. The molecule has 2 saturated carbocycles. The summed E-state index contributed by atoms with van der Waals surface area (Å²) < 4.78 is 0. The van der Waals surface area contributed by atoms with Crippen LogP contribution in [0.15, 0.2) is 0 Å². The van der Waals surface area contributed by atoms with Gasteiger partial charge < -0.3 is 4.90 Å². The Labute approximate surface area is 91.2 Å². The molecule has 1 amide bonds. The maximum absolute atomic E-state index is 11.7. The molecule has 84 valence electrons. The van der Waals surface area contributed by atoms with E-state index in [2.05, 4.69) is 17.1 Å². The van der Waals surface area contributed by atoms with E-state index in [4.69, 9.17) is 0 Å². The fourth-order valence-electron chi connectivity index (χ4n) is 2.88. The molecule has 3 aliphatic rings. The molecule has 1 saturated heterocycles. The van der Waals surface area contributed by atoms with Gasteiger partial charge in [-0.05, 0) is 50.4 Å². The van der Waals surface area contributed by atoms with Crippen LogP contribution in [-0.2, 0) is 4.79 Å². The lowest BCUT2D eigenvalue weighted by atomic mass is 9.97. The Balaban J connectivity index is 1.64. The number of amides is 1. The molecule has 3 heteroatoms. The number of hydrogen-bond donors (Lipinski definition) is 1. The maximum atomic E-state index is 11.7. The van der Waals surface area contributed by atoms with Gasteiger partial charge in [-0.25, -0.2) is 0 Å². The molecule has 0 radical (unpaired) electrons. The van der Waals surface area contributed by atoms with Gasteiger partial charge in [-0.15, -0.1) is 0 Å². The normalized spacial score (nSPS) is 31.7. The molecule has 1 atom stereocenters. The summed E-state index contributed by atoms with van der Waals surface area (Å²) in [6.45, 7) is 3.66. The standard InChI is InChI=1S/C12H20N2O/c1-8-13-6-12(15)14(8)7-11(9-2-3-9)10-4-5-10/h8-11,13H,2-7H2,1H3. The molecule has 0 aromatic carbocycles. The first-order chi connectivity index (χ1) is 7.25. The number of carbonyl (C=O) groups is 1. The lowest BCUT2D eigenvalue weighted by molar-refractivity contribution is -0.128. The van der Waals surface area contributed by atoms with Gasteiger partial charge in [0.1, 0.15) is 0 Å². The number of hydrogen-bond acceptors (Lipinski definition) is 2. The first-order valence-corrected chi connectivity index (χ1v) is 6.28. The van der Waals surface area contributed by atoms with Crippen LogP contribution in [0.2, 0.25) is 0 Å². The highest BCUT2D eigenvalue weighted by Crippen LogP contribution is 2.49. The van der Waals surface area contributed by atoms with E-state index >= 15 is 0 Å². The van der Waals surface area contributed by atoms with E-state index in [0.29, 0.717) is 12.5 Å². The van der Waals surface area contributed by atoms with E-state index < -0.39 is 0 Å². The van der Waals surface area contributed by atoms with Crippen molar-refractivity contribution in [2.75, 3.05) is 13.1 Å². The van der Waals surface area contributed by atoms with Crippen molar-refractivity contribution in [3.8, 4) is 0 Å². The van der Waals surface area contributed by atoms with Crippen LogP contribution in [0.25, 0.3) is 0 Å². The fraction of sp³-hybridized carbons (Fsp3) is 0.917. The second-order valence-electron chi connectivity index (χ2n) is 5.44. The minimum Gasteiger partial charge on any atom is -0.326 e. The van der Waals surface area contributed by atoms with Crippen molar-refractivity contribution in [3.05, 3.63) is 0 Å². The zero-order valence-electron chi connectivity index (χ0n) is 9.41. The molecular weight excluding hydrogens is 188 g/mol. The molecule has 0 bridgehead atoms. The third-order valence-electron chi connectivity index (χ3n) is 4.20. The van der Waals surface area contributed by atoms with Gasteiger partial charge in [0.05, 0.1) is 12.7 Å². The summed E-state index contributed by atoms with van der Waals surface area (Å²) in [7, 11) is 0. The molecule has 1 heterocycles. The van der Waals surface area contributed by atoms with Gasteiger partial charge in [-0.3, -0.25) is 10.1 Å². The molecule has 1 unspecified atom stereocenters. The summed E-state index contributed by atoms with van der Waals surface area (Å²) in [6.07, 6.45) is 5.89. The fourth-order valence-corrected chi connectivity index (χ4v) is 2.88. The molecule has 3 rings (SSSR count). The quantitative estimate of drug-likeness (QED) is 0.753. The van der Waals surface area contributed by atoms with Crippen LogP contribution in [0, 0.1) is 17.8 Å². The Hall–Kier alpha value is -0.570. The number of nitrogens with one attached hydrogen (secondary N) is 1. The molecule has 0 spiro atoms. The lowest BCUT2D eigenvalue weighted by Gasteiger charge is -2.26. The van der Waals surface area contributed by atoms with Crippen LogP contribution < -0.4 is 5.32 Å². The van der Waals surface area contributed by atoms with Crippen molar-refractivity contribution in [1.29, 1.82) is 0 Å². The zero-order chi connectivity index (χ0) is 10.4. The number of nitrogens with zero attached hydrogens (tertiary/aromatic N) is 1. The molecular formula is C12H20N2O. The molecule has 2 aliphatic carbocycles. The summed E-state index contributed by atoms with van der Waals surface area (Å²) in [5.74, 6) is 3.00. The van der Waals surface area contributed by atoms with Gasteiger partial charge in [0.2, 0.25) is 5.91 Å². The van der Waals surface area contributed by atoms with Gasteiger partial charge in [-0.1, -0.05) is 0 Å². The highest BCUT2D eigenvalue weighted by molar-refractivity contribution is 5.80. The topological polar surface area (TPSA) is 32.3 Å². The SMILES string of the molecule is CC1NCC(=O)N1CC(C1CC1)C1CC1. The first kappa shape index (κ1) is 9.64. The Bertz CT molecular complexity index is 259. The van der Waals surface area contributed by atoms with Gasteiger partial charge in [0.15, 0.2) is 0 Å². The van der Waals surface area contributed by atoms with E-state index in [1.807, 2.05) is 0 Å². The average Bonchev–Trinajstić information content (AvgIpc) is 3.09. The van der Waals surface area contributed by atoms with E-state index in [0.717, 1.165) is 24.3 Å². The predicted molar refractivity (Wildman–Crippen MR) is 58.1 cm³/mol. The van der Waals surface area contributed by atoms with Crippen LogP contribution in [0.1, 0.15) is 32.6 Å². The number of carbonyl (C=O) groups excluding carboxylic acids is 1. The van der Waals surface area contributed by atoms with Crippen molar-refractivity contribution >= 4 is 5.91 Å². The molecule has 0 aromatic heterocycles. The molecule has 1 N–H and O–H groups in total. The van der Waals surface area contributed by atoms with Gasteiger partial charge in [-0.2, -0.15) is 0 Å². The average molecular weight is 208 g/mol. The number of rotatable bonds is 4. The maximum Gasteiger partial charge on any atom is 0.237 e. The minimum absolute atomic E-state index is 0.262. The van der Waals surface area contributed by atoms with Crippen LogP contribution in [0.5, 0.6) is 0 Å². The zero-order valence-corrected chi connectivity index (χ0v) is 9.41. The van der Waals surface area contributed by atoms with Crippen molar-refractivity contribution in [3.63, 3.8) is 0 Å². The van der Waals surface area contributed by atoms with E-state index in [1.54, 1.807) is 0 Å². The highest BCUT2D eigenvalue weighted by atomic mass is 16.2. The van der Waals surface area contributed by atoms with Crippen LogP contribution >= 0.6 is 0 Å². The Kier molecular flexibility index (Phi) is 2.23. The Morgan fingerprint density at radius 2 is 1.93 bits per heavy atom. The minimum atomic E-state index is 0.262. The summed E-state index contributed by atoms with van der Waals surface area (Å²) in [5.41, 5.74) is 0. The Morgan fingerprint density at radius 3 is 2.33 bits per heavy atom. The van der Waals surface area contributed by atoms with Crippen LogP contribution in [0.3, 0.4) is 0 Å². The van der Waals surface area contributed by atoms with E-state index in [-0.39, 0.29) is 6.17 Å². The van der Waals surface area contributed by atoms with Gasteiger partial charge >= 0.3 is 0 Å². The van der Waals surface area contributed by atoms with Crippen molar-refractivity contribution in [2.45, 2.75) is 38.8 Å². The van der Waals surface area contributed by atoms with Crippen molar-refractivity contribution in [2.24, 2.45) is 17.8 Å². The van der Waals surface area contributed by atoms with Crippen molar-refractivity contribution in [1.82, 2.24) is 10.2 Å².